The number of morpholine rings is 2. The van der Waals surface area contributed by atoms with Crippen LogP contribution in [0, 0.1) is 11.5 Å². The van der Waals surface area contributed by atoms with E-state index in [1.807, 2.05) is 36.8 Å². The summed E-state index contributed by atoms with van der Waals surface area (Å²) in [5, 5.41) is 29.4. The second-order valence-electron chi connectivity index (χ2n) is 15.8. The number of halogens is 2. The summed E-state index contributed by atoms with van der Waals surface area (Å²) in [6.45, 7) is 8.55. The molecule has 3 aromatic rings. The Morgan fingerprint density at radius 1 is 0.924 bits per heavy atom. The minimum Gasteiger partial charge on any atom is -1.00 e. The number of carbonyl (C=O) groups excluding carboxylic acids is 1. The van der Waals surface area contributed by atoms with E-state index >= 15 is 0 Å². The van der Waals surface area contributed by atoms with E-state index in [-0.39, 0.29) is 134 Å². The number of aromatic amines is 1. The standard InChI is InChI=1S/C20H29ClN6O2.C18H27ClN2O2.C4H8N2S2.CH2O3.2K.H/c1-28-13-18-11-27(17(12-29-18)10-14-2-4-15(21)5-3-14)16-6-8-26(9-7-16)20-23-19(22)24-25-20;1-22-13-18-11-21(16-6-8-20-9-7-16)17(12-23-18)10-14-2-4-15(19)5-3-14;1-7-4-8(2)6-3-5;2-1-4-3;;;/h2-5,16-18H,6-13H2,1H3,(H3,22,23,24,25);2-5,16-18,20H,6-13H2,1H3;4H2,1-2H3;1,3H;;;/q;;;;2*+1;-1/p-1/t2*17?,18-;;;;;/m11...../s1. The van der Waals surface area contributed by atoms with Crippen molar-refractivity contribution in [2.75, 3.05) is 108 Å². The number of hydrogen-bond donors (Lipinski definition) is 3. The van der Waals surface area contributed by atoms with Crippen molar-refractivity contribution in [3.63, 3.8) is 0 Å². The van der Waals surface area contributed by atoms with Crippen molar-refractivity contribution in [1.29, 1.82) is 5.26 Å². The molecular formula is C43H66Cl2K2N10O7S2. The molecule has 66 heavy (non-hydrogen) atoms. The molecule has 2 aromatic carbocycles. The molecular weight excluding hydrogens is 982 g/mol. The molecule has 0 bridgehead atoms. The van der Waals surface area contributed by atoms with Crippen LogP contribution in [-0.2, 0) is 52.2 Å². The van der Waals surface area contributed by atoms with Gasteiger partial charge in [0.15, 0.2) is 0 Å². The first kappa shape index (κ1) is 62.3. The molecule has 5 heterocycles. The number of nitrogen functional groups attached to an aromatic ring is 1. The summed E-state index contributed by atoms with van der Waals surface area (Å²) in [4.78, 5) is 23.0. The molecule has 0 radical (unpaired) electrons. The molecule has 0 aliphatic carbocycles. The predicted octanol–water partition coefficient (Wildman–Crippen LogP) is -1.91. The van der Waals surface area contributed by atoms with Crippen LogP contribution in [0.15, 0.2) is 52.9 Å². The Bertz CT molecular complexity index is 1840. The van der Waals surface area contributed by atoms with Gasteiger partial charge in [0.25, 0.3) is 6.47 Å². The molecule has 17 nitrogen and oxygen atoms in total. The van der Waals surface area contributed by atoms with E-state index in [2.05, 4.69) is 68.7 Å². The third-order valence-corrected chi connectivity index (χ3v) is 14.5. The second-order valence-corrected chi connectivity index (χ2v) is 19.6. The van der Waals surface area contributed by atoms with Crippen LogP contribution in [0.1, 0.15) is 38.2 Å². The van der Waals surface area contributed by atoms with Crippen molar-refractivity contribution in [1.82, 2.24) is 30.3 Å². The fourth-order valence-corrected chi connectivity index (χ4v) is 10.3. The number of anilines is 2. The molecule has 5 atom stereocenters. The molecule has 0 spiro atoms. The monoisotopic (exact) mass is 1050 g/mol. The molecule has 4 aliphatic heterocycles. The third kappa shape index (κ3) is 22.7. The van der Waals surface area contributed by atoms with Gasteiger partial charge in [-0.2, -0.15) is 26.4 Å². The van der Waals surface area contributed by atoms with E-state index in [1.54, 1.807) is 32.2 Å². The number of carbonyl (C=O) groups is 1. The van der Waals surface area contributed by atoms with Crippen LogP contribution in [0.25, 0.3) is 0 Å². The largest absolute Gasteiger partial charge is 1.00 e. The number of methoxy groups -OCH3 is 2. The van der Waals surface area contributed by atoms with E-state index in [1.165, 1.54) is 24.0 Å². The maximum absolute atomic E-state index is 8.64. The molecule has 0 amide bonds. The zero-order valence-electron chi connectivity index (χ0n) is 40.3. The van der Waals surface area contributed by atoms with Gasteiger partial charge in [0.2, 0.25) is 18.1 Å². The first-order valence-electron chi connectivity index (χ1n) is 21.4. The zero-order chi connectivity index (χ0) is 46.1. The van der Waals surface area contributed by atoms with E-state index in [9.17, 15) is 0 Å². The number of nitrogens with one attached hydrogen (secondary N) is 2. The van der Waals surface area contributed by atoms with Crippen LogP contribution >= 0.6 is 35.0 Å². The maximum atomic E-state index is 8.64. The minimum atomic E-state index is -0.181. The Morgan fingerprint density at radius 2 is 1.39 bits per heavy atom. The van der Waals surface area contributed by atoms with E-state index in [0.717, 1.165) is 86.7 Å². The van der Waals surface area contributed by atoms with Gasteiger partial charge in [-0.1, -0.05) is 58.2 Å². The number of H-pyrrole nitrogens is 1. The Morgan fingerprint density at radius 3 is 1.79 bits per heavy atom. The van der Waals surface area contributed by atoms with Crippen molar-refractivity contribution in [2.24, 2.45) is 4.36 Å². The van der Waals surface area contributed by atoms with Gasteiger partial charge in [0.05, 0.1) is 43.7 Å². The number of nitriles is 1. The Labute approximate surface area is 494 Å². The fraction of sp³-hybridized carbons (Fsp3) is 0.628. The Kier molecular flexibility index (Phi) is 34.1. The summed E-state index contributed by atoms with van der Waals surface area (Å²) in [6, 6.07) is 18.3. The second kappa shape index (κ2) is 36.1. The summed E-state index contributed by atoms with van der Waals surface area (Å²) >= 11 is 13.8. The van der Waals surface area contributed by atoms with Gasteiger partial charge in [-0.3, -0.25) is 14.6 Å². The van der Waals surface area contributed by atoms with Crippen LogP contribution in [0.3, 0.4) is 0 Å². The first-order valence-corrected chi connectivity index (χ1v) is 25.3. The number of thioether (sulfide) groups is 1. The van der Waals surface area contributed by atoms with E-state index in [0.29, 0.717) is 55.9 Å². The van der Waals surface area contributed by atoms with Gasteiger partial charge in [-0.15, -0.1) is 5.10 Å². The number of nitrogens with two attached hydrogens (primary N) is 1. The Balaban J connectivity index is 0.000000528. The molecule has 4 aliphatic rings. The first-order chi connectivity index (χ1) is 31.1. The summed E-state index contributed by atoms with van der Waals surface area (Å²) in [6.07, 6.45) is 12.6. The van der Waals surface area contributed by atoms with Crippen LogP contribution < -0.4 is 124 Å². The topological polar surface area (TPSA) is 212 Å². The Hall–Kier alpha value is 0.173. The average Bonchev–Trinajstić information content (AvgIpc) is 3.76. The number of ether oxygens (including phenoxy) is 4. The summed E-state index contributed by atoms with van der Waals surface area (Å²) in [5.74, 6) is 1.05. The molecule has 1 aromatic heterocycles. The molecule has 7 rings (SSSR count). The van der Waals surface area contributed by atoms with Crippen LogP contribution in [-0.4, -0.2) is 165 Å². The number of rotatable bonds is 14. The van der Waals surface area contributed by atoms with Crippen molar-refractivity contribution >= 4 is 64.0 Å². The average molecular weight is 1050 g/mol. The molecule has 0 saturated carbocycles. The van der Waals surface area contributed by atoms with Crippen LogP contribution in [0.5, 0.6) is 0 Å². The number of benzene rings is 2. The third-order valence-electron chi connectivity index (χ3n) is 11.3. The predicted molar refractivity (Wildman–Crippen MR) is 254 cm³/mol. The van der Waals surface area contributed by atoms with E-state index < -0.39 is 0 Å². The van der Waals surface area contributed by atoms with Gasteiger partial charge in [0, 0.05) is 74.6 Å². The maximum Gasteiger partial charge on any atom is 1.00 e. The molecule has 23 heteroatoms. The summed E-state index contributed by atoms with van der Waals surface area (Å²) in [5.41, 5.74) is 8.29. The number of hydrogen-bond acceptors (Lipinski definition) is 17. The quantitative estimate of drug-likeness (QED) is 0.0529. The molecule has 4 N–H and O–H groups in total. The molecule has 4 fully saturated rings. The molecule has 358 valence electrons. The molecule has 3 unspecified atom stereocenters. The van der Waals surface area contributed by atoms with Crippen LogP contribution in [0.2, 0.25) is 10.0 Å². The summed E-state index contributed by atoms with van der Waals surface area (Å²) < 4.78 is 26.4. The van der Waals surface area contributed by atoms with Crippen molar-refractivity contribution < 1.29 is 138 Å². The SMILES string of the molecule is COC[C@H]1CN(C2CCN(c3n[nH]c(N)n3)CC2)C(Cc2ccc(Cl)cc2)CO1.COC[C@H]1CN(C2CCNCC2)C(Cc2ccc(Cl)cc2)CO1.CSCS(C)=NC#N.O=CO[O-].[H-].[K+].[K+]. The smallest absolute Gasteiger partial charge is 1.00 e. The van der Waals surface area contributed by atoms with Gasteiger partial charge < -0.3 is 46.5 Å². The fourth-order valence-electron chi connectivity index (χ4n) is 8.37. The normalized spacial score (nSPS) is 22.0. The van der Waals surface area contributed by atoms with Gasteiger partial charge in [0.1, 0.15) is 0 Å². The van der Waals surface area contributed by atoms with Crippen molar-refractivity contribution in [3.8, 4) is 6.19 Å². The zero-order valence-corrected chi connectivity index (χ0v) is 48.7. The summed E-state index contributed by atoms with van der Waals surface area (Å²) in [7, 11) is 3.44. The van der Waals surface area contributed by atoms with E-state index in [4.69, 9.17) is 63.2 Å². The van der Waals surface area contributed by atoms with Crippen molar-refractivity contribution in [3.05, 3.63) is 69.7 Å². The van der Waals surface area contributed by atoms with Gasteiger partial charge in [-0.25, -0.2) is 5.10 Å². The van der Waals surface area contributed by atoms with Crippen LogP contribution in [0.4, 0.5) is 11.9 Å². The number of nitrogens with zero attached hydrogens (tertiary/aromatic N) is 7. The number of piperidine rings is 2. The minimum absolute atomic E-state index is 0. The molecule has 4 saturated heterocycles. The van der Waals surface area contributed by atoms with Gasteiger partial charge in [-0.05, 0) is 99.5 Å². The van der Waals surface area contributed by atoms with Gasteiger partial charge >= 0.3 is 103 Å². The number of aromatic nitrogens is 3. The van der Waals surface area contributed by atoms with Crippen molar-refractivity contribution in [2.45, 2.75) is 74.9 Å².